The maximum Gasteiger partial charge on any atom is 0.119 e. The van der Waals surface area contributed by atoms with Gasteiger partial charge in [0.2, 0.25) is 0 Å². The summed E-state index contributed by atoms with van der Waals surface area (Å²) in [5, 5.41) is 3.32. The predicted molar refractivity (Wildman–Crippen MR) is 89.0 cm³/mol. The van der Waals surface area contributed by atoms with Crippen LogP contribution in [0.2, 0.25) is 0 Å². The van der Waals surface area contributed by atoms with Gasteiger partial charge in [0.15, 0.2) is 0 Å². The van der Waals surface area contributed by atoms with E-state index in [9.17, 15) is 0 Å². The maximum atomic E-state index is 5.70. The molecule has 0 aliphatic rings. The van der Waals surface area contributed by atoms with Gasteiger partial charge in [0, 0.05) is 19.3 Å². The van der Waals surface area contributed by atoms with E-state index >= 15 is 0 Å². The van der Waals surface area contributed by atoms with Crippen LogP contribution in [0.4, 0.5) is 5.69 Å². The minimum atomic E-state index is 0.563. The fourth-order valence-electron chi connectivity index (χ4n) is 1.98. The monoisotopic (exact) mass is 301 g/mol. The first-order chi connectivity index (χ1) is 10.8. The molecule has 0 unspecified atom stereocenters. The lowest BCUT2D eigenvalue weighted by Gasteiger charge is -2.10. The molecule has 22 heavy (non-hydrogen) atoms. The number of benzene rings is 2. The second-order valence-electron chi connectivity index (χ2n) is 4.96. The Labute approximate surface area is 132 Å². The summed E-state index contributed by atoms with van der Waals surface area (Å²) in [4.78, 5) is 0. The normalized spacial score (nSPS) is 10.3. The van der Waals surface area contributed by atoms with Gasteiger partial charge in [0.25, 0.3) is 0 Å². The van der Waals surface area contributed by atoms with Crippen molar-refractivity contribution in [1.82, 2.24) is 0 Å². The number of methoxy groups -OCH3 is 1. The lowest BCUT2D eigenvalue weighted by atomic mass is 10.2. The summed E-state index contributed by atoms with van der Waals surface area (Å²) < 4.78 is 16.2. The smallest absolute Gasteiger partial charge is 0.119 e. The standard InChI is InChI=1S/C18H23NO3/c1-15-4-3-5-18(14-15)21-11-10-19-16-6-8-17(9-7-16)22-13-12-20-2/h3-9,14,19H,10-13H2,1-2H3. The molecule has 1 N–H and O–H groups in total. The van der Waals surface area contributed by atoms with E-state index in [2.05, 4.69) is 18.3 Å². The predicted octanol–water partition coefficient (Wildman–Crippen LogP) is 3.51. The highest BCUT2D eigenvalue weighted by Crippen LogP contribution is 2.16. The van der Waals surface area contributed by atoms with Gasteiger partial charge in [-0.15, -0.1) is 0 Å². The first-order valence-electron chi connectivity index (χ1n) is 7.43. The summed E-state index contributed by atoms with van der Waals surface area (Å²) in [7, 11) is 1.66. The largest absolute Gasteiger partial charge is 0.492 e. The van der Waals surface area contributed by atoms with Crippen LogP contribution in [0.3, 0.4) is 0 Å². The fourth-order valence-corrected chi connectivity index (χ4v) is 1.98. The minimum absolute atomic E-state index is 0.563. The van der Waals surface area contributed by atoms with Gasteiger partial charge in [-0.2, -0.15) is 0 Å². The molecule has 0 aliphatic heterocycles. The molecular weight excluding hydrogens is 278 g/mol. The zero-order valence-corrected chi connectivity index (χ0v) is 13.2. The van der Waals surface area contributed by atoms with E-state index in [4.69, 9.17) is 14.2 Å². The van der Waals surface area contributed by atoms with E-state index in [0.29, 0.717) is 19.8 Å². The Balaban J connectivity index is 1.68. The van der Waals surface area contributed by atoms with E-state index < -0.39 is 0 Å². The Morgan fingerprint density at radius 3 is 2.36 bits per heavy atom. The third kappa shape index (κ3) is 5.66. The molecule has 0 bridgehead atoms. The molecule has 4 nitrogen and oxygen atoms in total. The number of rotatable bonds is 9. The zero-order chi connectivity index (χ0) is 15.6. The second kappa shape index (κ2) is 8.95. The maximum absolute atomic E-state index is 5.70. The average molecular weight is 301 g/mol. The van der Waals surface area contributed by atoms with Gasteiger partial charge in [-0.05, 0) is 48.9 Å². The molecule has 118 valence electrons. The summed E-state index contributed by atoms with van der Waals surface area (Å²) in [6.45, 7) is 4.58. The number of hydrogen-bond donors (Lipinski definition) is 1. The second-order valence-corrected chi connectivity index (χ2v) is 4.96. The van der Waals surface area contributed by atoms with Crippen LogP contribution in [0.15, 0.2) is 48.5 Å². The van der Waals surface area contributed by atoms with Gasteiger partial charge < -0.3 is 19.5 Å². The van der Waals surface area contributed by atoms with Gasteiger partial charge in [-0.3, -0.25) is 0 Å². The van der Waals surface area contributed by atoms with E-state index in [1.807, 2.05) is 42.5 Å². The van der Waals surface area contributed by atoms with Crippen molar-refractivity contribution in [2.45, 2.75) is 6.92 Å². The van der Waals surface area contributed by atoms with Crippen molar-refractivity contribution in [3.05, 3.63) is 54.1 Å². The lowest BCUT2D eigenvalue weighted by Crippen LogP contribution is -2.11. The molecule has 0 heterocycles. The molecule has 4 heteroatoms. The highest BCUT2D eigenvalue weighted by molar-refractivity contribution is 5.46. The quantitative estimate of drug-likeness (QED) is 0.720. The molecule has 0 amide bonds. The van der Waals surface area contributed by atoms with Crippen LogP contribution in [-0.2, 0) is 4.74 Å². The van der Waals surface area contributed by atoms with Gasteiger partial charge in [0.05, 0.1) is 6.61 Å². The Morgan fingerprint density at radius 2 is 1.64 bits per heavy atom. The van der Waals surface area contributed by atoms with E-state index in [1.165, 1.54) is 5.56 Å². The van der Waals surface area contributed by atoms with Crippen molar-refractivity contribution < 1.29 is 14.2 Å². The molecular formula is C18H23NO3. The van der Waals surface area contributed by atoms with Crippen LogP contribution in [0.25, 0.3) is 0 Å². The molecule has 2 aromatic rings. The number of hydrogen-bond acceptors (Lipinski definition) is 4. The minimum Gasteiger partial charge on any atom is -0.492 e. The molecule has 0 spiro atoms. The highest BCUT2D eigenvalue weighted by Gasteiger charge is 1.97. The van der Waals surface area contributed by atoms with Gasteiger partial charge in [-0.1, -0.05) is 12.1 Å². The number of anilines is 1. The third-order valence-corrected chi connectivity index (χ3v) is 3.10. The first-order valence-corrected chi connectivity index (χ1v) is 7.43. The Kier molecular flexibility index (Phi) is 6.58. The Morgan fingerprint density at radius 1 is 0.864 bits per heavy atom. The molecule has 0 fully saturated rings. The van der Waals surface area contributed by atoms with Crippen molar-refractivity contribution in [3.8, 4) is 11.5 Å². The van der Waals surface area contributed by atoms with Crippen LogP contribution in [0.1, 0.15) is 5.56 Å². The van der Waals surface area contributed by atoms with Gasteiger partial charge in [-0.25, -0.2) is 0 Å². The Hall–Kier alpha value is -2.20. The van der Waals surface area contributed by atoms with Crippen LogP contribution in [-0.4, -0.2) is 33.5 Å². The summed E-state index contributed by atoms with van der Waals surface area (Å²) in [6, 6.07) is 15.9. The van der Waals surface area contributed by atoms with Crippen molar-refractivity contribution in [2.75, 3.05) is 38.8 Å². The van der Waals surface area contributed by atoms with Crippen molar-refractivity contribution in [2.24, 2.45) is 0 Å². The summed E-state index contributed by atoms with van der Waals surface area (Å²) in [5.41, 5.74) is 2.25. The van der Waals surface area contributed by atoms with Gasteiger partial charge in [0.1, 0.15) is 24.7 Å². The molecule has 0 atom stereocenters. The number of aryl methyl sites for hydroxylation is 1. The number of nitrogens with one attached hydrogen (secondary N) is 1. The van der Waals surface area contributed by atoms with Crippen LogP contribution in [0, 0.1) is 6.92 Å². The van der Waals surface area contributed by atoms with Crippen LogP contribution < -0.4 is 14.8 Å². The third-order valence-electron chi connectivity index (χ3n) is 3.10. The summed E-state index contributed by atoms with van der Waals surface area (Å²) in [5.74, 6) is 1.75. The molecule has 0 saturated carbocycles. The first kappa shape index (κ1) is 16.2. The lowest BCUT2D eigenvalue weighted by molar-refractivity contribution is 0.146. The fraction of sp³-hybridized carbons (Fsp3) is 0.333. The molecule has 0 aliphatic carbocycles. The van der Waals surface area contributed by atoms with Crippen LogP contribution >= 0.6 is 0 Å². The molecule has 2 rings (SSSR count). The van der Waals surface area contributed by atoms with Crippen molar-refractivity contribution in [1.29, 1.82) is 0 Å². The molecule has 0 saturated heterocycles. The molecule has 0 aromatic heterocycles. The summed E-state index contributed by atoms with van der Waals surface area (Å²) >= 11 is 0. The molecule has 0 radical (unpaired) electrons. The van der Waals surface area contributed by atoms with Crippen molar-refractivity contribution >= 4 is 5.69 Å². The number of ether oxygens (including phenoxy) is 3. The average Bonchev–Trinajstić information content (AvgIpc) is 2.53. The Bertz CT molecular complexity index is 555. The zero-order valence-electron chi connectivity index (χ0n) is 13.2. The van der Waals surface area contributed by atoms with Crippen molar-refractivity contribution in [3.63, 3.8) is 0 Å². The molecule has 2 aromatic carbocycles. The van der Waals surface area contributed by atoms with Gasteiger partial charge >= 0.3 is 0 Å². The van der Waals surface area contributed by atoms with E-state index in [-0.39, 0.29) is 0 Å². The van der Waals surface area contributed by atoms with E-state index in [1.54, 1.807) is 7.11 Å². The SMILES string of the molecule is COCCOc1ccc(NCCOc2cccc(C)c2)cc1. The summed E-state index contributed by atoms with van der Waals surface area (Å²) in [6.07, 6.45) is 0. The highest BCUT2D eigenvalue weighted by atomic mass is 16.5. The topological polar surface area (TPSA) is 39.7 Å². The van der Waals surface area contributed by atoms with E-state index in [0.717, 1.165) is 23.7 Å². The van der Waals surface area contributed by atoms with Crippen LogP contribution in [0.5, 0.6) is 11.5 Å².